The van der Waals surface area contributed by atoms with Gasteiger partial charge in [0.15, 0.2) is 11.6 Å². The van der Waals surface area contributed by atoms with Crippen LogP contribution in [0.2, 0.25) is 0 Å². The van der Waals surface area contributed by atoms with Crippen molar-refractivity contribution in [1.82, 2.24) is 4.90 Å². The van der Waals surface area contributed by atoms with Gasteiger partial charge >= 0.3 is 10.4 Å². The van der Waals surface area contributed by atoms with E-state index < -0.39 is 10.4 Å². The number of methoxy groups -OCH3 is 1. The molecule has 0 unspecified atom stereocenters. The first-order valence-electron chi connectivity index (χ1n) is 28.2. The van der Waals surface area contributed by atoms with Gasteiger partial charge in [0.25, 0.3) is 0 Å². The summed E-state index contributed by atoms with van der Waals surface area (Å²) in [4.78, 5) is 40.0. The third-order valence-corrected chi connectivity index (χ3v) is 21.1. The zero-order valence-electron chi connectivity index (χ0n) is 44.9. The summed E-state index contributed by atoms with van der Waals surface area (Å²) in [5.41, 5.74) is 13.7. The molecule has 80 heavy (non-hydrogen) atoms. The lowest BCUT2D eigenvalue weighted by Crippen LogP contribution is -2.48. The maximum atomic E-state index is 12.6. The molecule has 4 bridgehead atoms. The summed E-state index contributed by atoms with van der Waals surface area (Å²) in [5.74, 6) is 6.24. The van der Waals surface area contributed by atoms with Gasteiger partial charge in [-0.05, 0) is 236 Å². The quantitative estimate of drug-likeness (QED) is 0.128. The molecule has 6 saturated carbocycles. The Hall–Kier alpha value is -5.72. The minimum atomic E-state index is -4.49. The van der Waals surface area contributed by atoms with E-state index in [9.17, 15) is 22.8 Å². The van der Waals surface area contributed by atoms with Gasteiger partial charge in [-0.1, -0.05) is 95.4 Å². The number of hydrogen-bond donors (Lipinski definition) is 1. The van der Waals surface area contributed by atoms with Gasteiger partial charge < -0.3 is 13.8 Å². The van der Waals surface area contributed by atoms with E-state index in [0.717, 1.165) is 109 Å². The van der Waals surface area contributed by atoms with Gasteiger partial charge in [-0.2, -0.15) is 8.42 Å². The van der Waals surface area contributed by atoms with E-state index in [4.69, 9.17) is 9.29 Å². The van der Waals surface area contributed by atoms with Crippen molar-refractivity contribution in [3.8, 4) is 22.6 Å². The number of rotatable bonds is 6. The van der Waals surface area contributed by atoms with Gasteiger partial charge in [-0.3, -0.25) is 18.9 Å². The zero-order valence-corrected chi connectivity index (χ0v) is 46.6. The second kappa shape index (κ2) is 23.3. The number of likely N-dealkylation sites (tertiary alicyclic amines) is 1. The highest BCUT2D eigenvalue weighted by molar-refractivity contribution is 7.81. The predicted octanol–water partition coefficient (Wildman–Crippen LogP) is 16.4. The SMILES string of the molecule is C.C.C.CN1CCC(=C2c3ccccc3CC(=O)c3sccc32)CC1.COc1ccc(-c2ccc3cc(C(C)=O)ccc3c2)cc1C12CC3CC(CC(C3)C1)C2.C[C@]12CC[C@@H]3c4ccc(OS(=O)(=O)O)cc4CC[C@H]3[C@@H]1CCC2=O. The van der Waals surface area contributed by atoms with Crippen molar-refractivity contribution in [2.24, 2.45) is 35.0 Å². The lowest BCUT2D eigenvalue weighted by Gasteiger charge is -2.57. The highest BCUT2D eigenvalue weighted by atomic mass is 32.3. The van der Waals surface area contributed by atoms with Gasteiger partial charge in [0.05, 0.1) is 12.0 Å². The molecule has 4 atom stereocenters. The number of carbonyl (C=O) groups is 3. The molecule has 6 aromatic rings. The standard InChI is InChI=1S/C29H30O2.C19H19NOS.C18H22O5S.3CH4/c1-18(30)22-3-4-24-13-25(6-5-23(24)12-22)26-7-8-28(31-2)27(14-26)29-15-19-9-20(16-29)11-21(10-19)17-29;1-20-9-6-13(7-10-20)18-15-5-3-2-4-14(15)12-17(21)19-16(18)8-11-22-19;1-18-9-8-14-13-5-3-12(23-24(20,21)22)10-11(13)2-4-15(14)16(18)6-7-17(18)19;;;/h3-8,12-14,19-21H,9-11,15-17H2,1-2H3;2-5,8,11H,6-7,9-10,12H2,1H3;3,5,10,14-16H,2,4,6-9H2,1H3,(H,20,21,22);3*1H4/t;;14-,15-,16+,18+;;;/m..1.../s1. The Morgan fingerprint density at radius 1 is 0.738 bits per heavy atom. The van der Waals surface area contributed by atoms with Crippen LogP contribution in [0, 0.1) is 35.0 Å². The molecule has 0 amide bonds. The average molecular weight is 1120 g/mol. The van der Waals surface area contributed by atoms with Crippen molar-refractivity contribution in [1.29, 1.82) is 0 Å². The molecule has 11 heteroatoms. The van der Waals surface area contributed by atoms with Gasteiger partial charge in [-0.15, -0.1) is 11.3 Å². The second-order valence-corrected chi connectivity index (χ2v) is 26.3. The molecule has 1 aliphatic heterocycles. The minimum absolute atomic E-state index is 0. The summed E-state index contributed by atoms with van der Waals surface area (Å²) in [6.07, 6.45) is 16.7. The van der Waals surface area contributed by atoms with Crippen molar-refractivity contribution < 1.29 is 36.3 Å². The van der Waals surface area contributed by atoms with E-state index in [1.807, 2.05) is 31.4 Å². The van der Waals surface area contributed by atoms with Gasteiger partial charge in [0, 0.05) is 48.0 Å². The molecule has 1 N–H and O–H groups in total. The van der Waals surface area contributed by atoms with E-state index in [-0.39, 0.29) is 45.0 Å². The van der Waals surface area contributed by atoms with Crippen LogP contribution in [-0.2, 0) is 33.5 Å². The number of carbonyl (C=O) groups excluding carboxylic acids is 3. The van der Waals surface area contributed by atoms with Crippen LogP contribution in [0.5, 0.6) is 11.5 Å². The van der Waals surface area contributed by atoms with E-state index in [1.165, 1.54) is 94.0 Å². The fraction of sp³-hybridized carbons (Fsp3) is 0.464. The summed E-state index contributed by atoms with van der Waals surface area (Å²) >= 11 is 1.59. The maximum absolute atomic E-state index is 12.6. The topological polar surface area (TPSA) is 127 Å². The lowest BCUT2D eigenvalue weighted by atomic mass is 9.48. The summed E-state index contributed by atoms with van der Waals surface area (Å²) in [6.45, 7) is 5.99. The number of aryl methyl sites for hydroxylation is 1. The summed E-state index contributed by atoms with van der Waals surface area (Å²) in [6, 6.07) is 35.3. The lowest BCUT2D eigenvalue weighted by molar-refractivity contribution is -0.129. The van der Waals surface area contributed by atoms with Crippen molar-refractivity contribution in [3.63, 3.8) is 0 Å². The van der Waals surface area contributed by atoms with Crippen LogP contribution in [0.4, 0.5) is 0 Å². The Balaban J connectivity index is 0.000000145. The van der Waals surface area contributed by atoms with E-state index in [1.54, 1.807) is 30.4 Å². The van der Waals surface area contributed by atoms with Crippen LogP contribution in [0.25, 0.3) is 27.5 Å². The van der Waals surface area contributed by atoms with Crippen LogP contribution < -0.4 is 8.92 Å². The Morgan fingerprint density at radius 2 is 1.41 bits per heavy atom. The van der Waals surface area contributed by atoms with E-state index in [2.05, 4.69) is 95.2 Å². The number of Topliss-reactive ketones (excluding diaryl/α,β-unsaturated/α-hetero) is 3. The van der Waals surface area contributed by atoms with Crippen LogP contribution in [0.1, 0.15) is 179 Å². The number of ketones is 3. The number of ether oxygens (including phenoxy) is 1. The predicted molar refractivity (Wildman–Crippen MR) is 326 cm³/mol. The molecule has 15 rings (SSSR count). The first-order valence-corrected chi connectivity index (χ1v) is 30.5. The fourth-order valence-electron chi connectivity index (χ4n) is 16.4. The Labute approximate surface area is 480 Å². The molecular weight excluding hydrogens is 1030 g/mol. The second-order valence-electron chi connectivity index (χ2n) is 24.4. The number of benzene rings is 5. The first kappa shape index (κ1) is 58.9. The molecule has 8 aliphatic carbocycles. The summed E-state index contributed by atoms with van der Waals surface area (Å²) in [5, 5.41) is 4.35. The number of fused-ring (bicyclic) bond motifs is 8. The molecule has 1 saturated heterocycles. The Kier molecular flexibility index (Phi) is 17.1. The molecule has 2 heterocycles. The fourth-order valence-corrected chi connectivity index (χ4v) is 17.6. The first-order chi connectivity index (χ1) is 37.0. The molecular formula is C69H83NO8S2. The molecule has 0 radical (unpaired) electrons. The van der Waals surface area contributed by atoms with E-state index >= 15 is 0 Å². The van der Waals surface area contributed by atoms with Crippen LogP contribution in [-0.4, -0.2) is 62.5 Å². The Bertz CT molecular complexity index is 3430. The number of hydrogen-bond acceptors (Lipinski definition) is 9. The number of piperidine rings is 1. The third-order valence-electron chi connectivity index (χ3n) is 19.8. The molecule has 1 aromatic heterocycles. The summed E-state index contributed by atoms with van der Waals surface area (Å²) < 4.78 is 41.1. The third kappa shape index (κ3) is 11.2. The molecule has 7 fully saturated rings. The van der Waals surface area contributed by atoms with Gasteiger partial charge in [0.1, 0.15) is 17.3 Å². The van der Waals surface area contributed by atoms with Crippen molar-refractivity contribution >= 4 is 55.4 Å². The van der Waals surface area contributed by atoms with Crippen LogP contribution >= 0.6 is 11.3 Å². The summed E-state index contributed by atoms with van der Waals surface area (Å²) in [7, 11) is -0.487. The minimum Gasteiger partial charge on any atom is -0.496 e. The van der Waals surface area contributed by atoms with Gasteiger partial charge in [-0.25, -0.2) is 0 Å². The van der Waals surface area contributed by atoms with Crippen molar-refractivity contribution in [2.75, 3.05) is 27.2 Å². The van der Waals surface area contributed by atoms with Gasteiger partial charge in [0.2, 0.25) is 0 Å². The molecule has 424 valence electrons. The largest absolute Gasteiger partial charge is 0.496 e. The van der Waals surface area contributed by atoms with E-state index in [0.29, 0.717) is 35.4 Å². The molecule has 9 nitrogen and oxygen atoms in total. The average Bonchev–Trinajstić information content (AvgIpc) is 3.99. The zero-order chi connectivity index (χ0) is 53.4. The molecule has 0 spiro atoms. The van der Waals surface area contributed by atoms with Crippen molar-refractivity contribution in [2.45, 2.75) is 144 Å². The highest BCUT2D eigenvalue weighted by Gasteiger charge is 2.55. The van der Waals surface area contributed by atoms with Crippen LogP contribution in [0.15, 0.2) is 114 Å². The smallest absolute Gasteiger partial charge is 0.446 e. The van der Waals surface area contributed by atoms with Crippen LogP contribution in [0.3, 0.4) is 0 Å². The number of thiophene rings is 1. The highest BCUT2D eigenvalue weighted by Crippen LogP contribution is 2.63. The Morgan fingerprint density at radius 3 is 2.11 bits per heavy atom. The number of nitrogens with zero attached hydrogens (tertiary/aromatic N) is 1. The molecule has 5 aromatic carbocycles. The molecule has 9 aliphatic rings. The monoisotopic (exact) mass is 1120 g/mol. The normalized spacial score (nSPS) is 26.9. The van der Waals surface area contributed by atoms with Crippen molar-refractivity contribution in [3.05, 3.63) is 158 Å². The maximum Gasteiger partial charge on any atom is 0.446 e.